The first-order valence-electron chi connectivity index (χ1n) is 6.66. The third-order valence-corrected chi connectivity index (χ3v) is 3.51. The molecule has 21 heavy (non-hydrogen) atoms. The van der Waals surface area contributed by atoms with Gasteiger partial charge < -0.3 is 24.3 Å². The molecule has 7 nitrogen and oxygen atoms in total. The zero-order valence-corrected chi connectivity index (χ0v) is 13.5. The van der Waals surface area contributed by atoms with Crippen molar-refractivity contribution < 1.29 is 23.7 Å². The van der Waals surface area contributed by atoms with Gasteiger partial charge in [0.1, 0.15) is 17.2 Å². The summed E-state index contributed by atoms with van der Waals surface area (Å²) in [4.78, 5) is 11.9. The molecule has 8 heteroatoms. The van der Waals surface area contributed by atoms with E-state index in [9.17, 15) is 4.79 Å². The highest BCUT2D eigenvalue weighted by molar-refractivity contribution is 7.10. The number of carbonyl (C=O) groups excluding carboxylic acids is 1. The molecule has 0 radical (unpaired) electrons. The van der Waals surface area contributed by atoms with E-state index in [1.165, 1.54) is 11.5 Å². The van der Waals surface area contributed by atoms with E-state index in [0.717, 1.165) is 0 Å². The van der Waals surface area contributed by atoms with Crippen molar-refractivity contribution in [1.82, 2.24) is 4.37 Å². The van der Waals surface area contributed by atoms with Gasteiger partial charge in [-0.1, -0.05) is 0 Å². The summed E-state index contributed by atoms with van der Waals surface area (Å²) in [5.41, 5.74) is 1.16. The Bertz CT molecular complexity index is 425. The minimum absolute atomic E-state index is 0.204. The molecule has 0 saturated heterocycles. The van der Waals surface area contributed by atoms with Crippen LogP contribution in [-0.4, -0.2) is 64.1 Å². The summed E-state index contributed by atoms with van der Waals surface area (Å²) in [7, 11) is 3.37. The summed E-state index contributed by atoms with van der Waals surface area (Å²) in [6.07, 6.45) is 0. The van der Waals surface area contributed by atoms with E-state index in [2.05, 4.69) is 9.69 Å². The van der Waals surface area contributed by atoms with Crippen molar-refractivity contribution >= 4 is 22.5 Å². The number of esters is 1. The lowest BCUT2D eigenvalue weighted by atomic mass is 10.2. The Morgan fingerprint density at radius 3 is 2.38 bits per heavy atom. The number of methoxy groups -OCH3 is 1. The fourth-order valence-corrected chi connectivity index (χ4v) is 2.24. The minimum atomic E-state index is -0.384. The van der Waals surface area contributed by atoms with Crippen LogP contribution in [0.4, 0.5) is 5.00 Å². The van der Waals surface area contributed by atoms with Crippen LogP contribution in [0.25, 0.3) is 0 Å². The number of nitrogens with zero attached hydrogens (tertiary/aromatic N) is 1. The van der Waals surface area contributed by atoms with Gasteiger partial charge in [-0.2, -0.15) is 4.37 Å². The van der Waals surface area contributed by atoms with Gasteiger partial charge >= 0.3 is 5.97 Å². The van der Waals surface area contributed by atoms with Crippen molar-refractivity contribution in [1.29, 1.82) is 0 Å². The van der Waals surface area contributed by atoms with Crippen molar-refractivity contribution in [3.05, 3.63) is 11.3 Å². The first-order valence-corrected chi connectivity index (χ1v) is 7.43. The van der Waals surface area contributed by atoms with Crippen molar-refractivity contribution in [2.24, 2.45) is 0 Å². The summed E-state index contributed by atoms with van der Waals surface area (Å²) in [5.74, 6) is -0.384. The van der Waals surface area contributed by atoms with Crippen LogP contribution in [0.3, 0.4) is 0 Å². The number of aryl methyl sites for hydroxylation is 1. The molecule has 0 aliphatic heterocycles. The zero-order valence-electron chi connectivity index (χ0n) is 12.6. The second kappa shape index (κ2) is 10.5. The predicted molar refractivity (Wildman–Crippen MR) is 80.2 cm³/mol. The molecule has 0 aliphatic rings. The van der Waals surface area contributed by atoms with Crippen molar-refractivity contribution in [2.45, 2.75) is 6.92 Å². The number of anilines is 1. The highest BCUT2D eigenvalue weighted by atomic mass is 32.1. The van der Waals surface area contributed by atoms with Gasteiger partial charge in [0.15, 0.2) is 0 Å². The highest BCUT2D eigenvalue weighted by Crippen LogP contribution is 2.24. The minimum Gasteiger partial charge on any atom is -0.460 e. The van der Waals surface area contributed by atoms with Crippen molar-refractivity contribution in [3.63, 3.8) is 0 Å². The Labute approximate surface area is 128 Å². The summed E-state index contributed by atoms with van der Waals surface area (Å²) in [6.45, 7) is 4.39. The van der Waals surface area contributed by atoms with Crippen LogP contribution in [0, 0.1) is 6.92 Å². The topological polar surface area (TPSA) is 78.9 Å². The Hall–Kier alpha value is -1.22. The Morgan fingerprint density at radius 2 is 1.76 bits per heavy atom. The lowest BCUT2D eigenvalue weighted by Gasteiger charge is -2.07. The van der Waals surface area contributed by atoms with Crippen molar-refractivity contribution in [2.75, 3.05) is 59.1 Å². The summed E-state index contributed by atoms with van der Waals surface area (Å²) in [5, 5.41) is 3.64. The van der Waals surface area contributed by atoms with E-state index in [1.54, 1.807) is 21.1 Å². The Balaban J connectivity index is 2.12. The van der Waals surface area contributed by atoms with Crippen LogP contribution >= 0.6 is 11.5 Å². The molecule has 0 spiro atoms. The molecule has 1 N–H and O–H groups in total. The number of ether oxygens (including phenoxy) is 4. The normalized spacial score (nSPS) is 10.6. The van der Waals surface area contributed by atoms with Crippen LogP contribution in [0.1, 0.15) is 16.1 Å². The standard InChI is InChI=1S/C13H22N2O5S/c1-10-11(12(14-2)21-15-10)13(16)20-9-8-19-7-6-18-5-4-17-3/h14H,4-9H2,1-3H3. The number of nitrogens with one attached hydrogen (secondary N) is 1. The van der Waals surface area contributed by atoms with E-state index >= 15 is 0 Å². The van der Waals surface area contributed by atoms with Crippen LogP contribution < -0.4 is 5.32 Å². The molecular weight excluding hydrogens is 296 g/mol. The van der Waals surface area contributed by atoms with Crippen LogP contribution in [0.15, 0.2) is 0 Å². The number of carbonyl (C=O) groups is 1. The molecule has 120 valence electrons. The molecule has 0 aromatic carbocycles. The molecule has 0 saturated carbocycles. The molecule has 0 unspecified atom stereocenters. The monoisotopic (exact) mass is 318 g/mol. The number of hydrogen-bond donors (Lipinski definition) is 1. The second-order valence-electron chi connectivity index (χ2n) is 4.08. The van der Waals surface area contributed by atoms with Gasteiger partial charge in [0.2, 0.25) is 0 Å². The summed E-state index contributed by atoms with van der Waals surface area (Å²) < 4.78 is 24.7. The average Bonchev–Trinajstić information content (AvgIpc) is 2.86. The highest BCUT2D eigenvalue weighted by Gasteiger charge is 2.18. The zero-order chi connectivity index (χ0) is 15.5. The fraction of sp³-hybridized carbons (Fsp3) is 0.692. The third-order valence-electron chi connectivity index (χ3n) is 2.56. The van der Waals surface area contributed by atoms with Gasteiger partial charge in [-0.15, -0.1) is 0 Å². The first kappa shape index (κ1) is 17.8. The predicted octanol–water partition coefficient (Wildman–Crippen LogP) is 1.33. The maximum absolute atomic E-state index is 11.9. The van der Waals surface area contributed by atoms with Crippen LogP contribution in [-0.2, 0) is 18.9 Å². The number of aromatic nitrogens is 1. The molecule has 1 rings (SSSR count). The smallest absolute Gasteiger partial charge is 0.343 e. The molecule has 1 aromatic heterocycles. The Kier molecular flexibility index (Phi) is 8.91. The SMILES string of the molecule is CNc1snc(C)c1C(=O)OCCOCCOCCOC. The van der Waals surface area contributed by atoms with E-state index < -0.39 is 0 Å². The van der Waals surface area contributed by atoms with Gasteiger partial charge in [-0.3, -0.25) is 0 Å². The third kappa shape index (κ3) is 6.38. The van der Waals surface area contributed by atoms with Crippen LogP contribution in [0.2, 0.25) is 0 Å². The molecule has 0 atom stereocenters. The van der Waals surface area contributed by atoms with Gasteiger partial charge in [-0.05, 0) is 18.5 Å². The van der Waals surface area contributed by atoms with Gasteiger partial charge in [-0.25, -0.2) is 4.79 Å². The maximum Gasteiger partial charge on any atom is 0.343 e. The molecule has 1 aromatic rings. The lowest BCUT2D eigenvalue weighted by Crippen LogP contribution is -2.14. The molecule has 0 bridgehead atoms. The van der Waals surface area contributed by atoms with E-state index in [0.29, 0.717) is 49.3 Å². The molecule has 0 fully saturated rings. The Morgan fingerprint density at radius 1 is 1.14 bits per heavy atom. The summed E-state index contributed by atoms with van der Waals surface area (Å²) >= 11 is 1.24. The van der Waals surface area contributed by atoms with Gasteiger partial charge in [0.25, 0.3) is 0 Å². The van der Waals surface area contributed by atoms with E-state index in [-0.39, 0.29) is 12.6 Å². The van der Waals surface area contributed by atoms with Gasteiger partial charge in [0.05, 0.1) is 38.7 Å². The van der Waals surface area contributed by atoms with Crippen molar-refractivity contribution in [3.8, 4) is 0 Å². The largest absolute Gasteiger partial charge is 0.460 e. The molecular formula is C13H22N2O5S. The molecule has 0 aliphatic carbocycles. The lowest BCUT2D eigenvalue weighted by molar-refractivity contribution is 0.00572. The average molecular weight is 318 g/mol. The van der Waals surface area contributed by atoms with Gasteiger partial charge in [0, 0.05) is 14.2 Å². The molecule has 0 amide bonds. The van der Waals surface area contributed by atoms with E-state index in [1.807, 2.05) is 0 Å². The van der Waals surface area contributed by atoms with Crippen LogP contribution in [0.5, 0.6) is 0 Å². The summed E-state index contributed by atoms with van der Waals surface area (Å²) in [6, 6.07) is 0. The number of rotatable bonds is 11. The second-order valence-corrected chi connectivity index (χ2v) is 4.85. The van der Waals surface area contributed by atoms with E-state index in [4.69, 9.17) is 18.9 Å². The number of hydrogen-bond acceptors (Lipinski definition) is 8. The molecule has 1 heterocycles. The maximum atomic E-state index is 11.9. The quantitative estimate of drug-likeness (QED) is 0.487. The fourth-order valence-electron chi connectivity index (χ4n) is 1.51. The first-order chi connectivity index (χ1) is 10.2.